The van der Waals surface area contributed by atoms with Gasteiger partial charge >= 0.3 is 0 Å². The van der Waals surface area contributed by atoms with Gasteiger partial charge in [-0.15, -0.1) is 0 Å². The fourth-order valence-electron chi connectivity index (χ4n) is 2.69. The van der Waals surface area contributed by atoms with E-state index in [9.17, 15) is 4.79 Å². The first-order valence-corrected chi connectivity index (χ1v) is 5.92. The monoisotopic (exact) mass is 202 g/mol. The highest BCUT2D eigenvalue weighted by Crippen LogP contribution is 2.35. The van der Waals surface area contributed by atoms with Gasteiger partial charge in [0.2, 0.25) is 0 Å². The van der Waals surface area contributed by atoms with E-state index < -0.39 is 0 Å². The van der Waals surface area contributed by atoms with Gasteiger partial charge in [0.1, 0.15) is 0 Å². The molecule has 0 saturated heterocycles. The minimum Gasteiger partial charge on any atom is -0.294 e. The van der Waals surface area contributed by atoms with Gasteiger partial charge < -0.3 is 0 Å². The van der Waals surface area contributed by atoms with Crippen molar-refractivity contribution in [3.63, 3.8) is 0 Å². The van der Waals surface area contributed by atoms with Crippen LogP contribution in [0.3, 0.4) is 0 Å². The molecule has 1 aromatic carbocycles. The summed E-state index contributed by atoms with van der Waals surface area (Å²) in [7, 11) is 0. The molecule has 0 bridgehead atoms. The third kappa shape index (κ3) is 2.11. The second-order valence-corrected chi connectivity index (χ2v) is 4.44. The van der Waals surface area contributed by atoms with Crippen LogP contribution in [0.1, 0.15) is 43.0 Å². The number of hydrogen-bond donors (Lipinski definition) is 0. The number of carbonyl (C=O) groups is 1. The van der Waals surface area contributed by atoms with Crippen LogP contribution in [0.15, 0.2) is 30.3 Å². The fourth-order valence-corrected chi connectivity index (χ4v) is 2.69. The van der Waals surface area contributed by atoms with Crippen molar-refractivity contribution < 1.29 is 4.79 Å². The highest BCUT2D eigenvalue weighted by molar-refractivity contribution is 5.98. The van der Waals surface area contributed by atoms with Crippen molar-refractivity contribution in [1.29, 1.82) is 0 Å². The zero-order chi connectivity index (χ0) is 10.7. The van der Waals surface area contributed by atoms with Crippen molar-refractivity contribution in [2.24, 2.45) is 11.8 Å². The van der Waals surface area contributed by atoms with E-state index in [4.69, 9.17) is 0 Å². The number of ketones is 1. The molecule has 1 nitrogen and oxygen atoms in total. The number of rotatable bonds is 3. The Balaban J connectivity index is 2.14. The summed E-state index contributed by atoms with van der Waals surface area (Å²) in [4.78, 5) is 12.2. The van der Waals surface area contributed by atoms with E-state index in [1.54, 1.807) is 0 Å². The molecule has 2 rings (SSSR count). The molecule has 0 aliphatic heterocycles. The maximum atomic E-state index is 12.2. The van der Waals surface area contributed by atoms with E-state index in [0.29, 0.717) is 11.7 Å². The Bertz CT molecular complexity index is 328. The summed E-state index contributed by atoms with van der Waals surface area (Å²) in [5, 5.41) is 0. The molecular weight excluding hydrogens is 184 g/mol. The van der Waals surface area contributed by atoms with E-state index in [-0.39, 0.29) is 5.92 Å². The molecule has 1 saturated carbocycles. The molecule has 0 heterocycles. The molecule has 15 heavy (non-hydrogen) atoms. The molecule has 0 aromatic heterocycles. The van der Waals surface area contributed by atoms with E-state index in [0.717, 1.165) is 18.4 Å². The summed E-state index contributed by atoms with van der Waals surface area (Å²) >= 11 is 0. The highest BCUT2D eigenvalue weighted by Gasteiger charge is 2.31. The van der Waals surface area contributed by atoms with Crippen LogP contribution in [0.4, 0.5) is 0 Å². The van der Waals surface area contributed by atoms with Crippen LogP contribution in [0.25, 0.3) is 0 Å². The molecule has 80 valence electrons. The standard InChI is InChI=1S/C14H18O/c1-2-11-9-6-10-13(11)14(15)12-7-4-3-5-8-12/h3-5,7-8,11,13H,2,6,9-10H2,1H3/t11-,13-/m0/s1. The molecule has 1 fully saturated rings. The Morgan fingerprint density at radius 1 is 1.27 bits per heavy atom. The number of hydrogen-bond acceptors (Lipinski definition) is 1. The van der Waals surface area contributed by atoms with Crippen LogP contribution >= 0.6 is 0 Å². The quantitative estimate of drug-likeness (QED) is 0.683. The summed E-state index contributed by atoms with van der Waals surface area (Å²) in [5.74, 6) is 1.27. The van der Waals surface area contributed by atoms with Gasteiger partial charge in [-0.1, -0.05) is 50.1 Å². The van der Waals surface area contributed by atoms with Crippen molar-refractivity contribution in [2.45, 2.75) is 32.6 Å². The first kappa shape index (κ1) is 10.4. The number of benzene rings is 1. The molecule has 0 amide bonds. The summed E-state index contributed by atoms with van der Waals surface area (Å²) in [6, 6.07) is 9.73. The Labute approximate surface area is 91.5 Å². The molecule has 0 radical (unpaired) electrons. The van der Waals surface area contributed by atoms with Crippen molar-refractivity contribution in [3.05, 3.63) is 35.9 Å². The maximum Gasteiger partial charge on any atom is 0.166 e. The van der Waals surface area contributed by atoms with Crippen LogP contribution in [-0.2, 0) is 0 Å². The van der Waals surface area contributed by atoms with Crippen LogP contribution in [0.5, 0.6) is 0 Å². The predicted molar refractivity (Wildman–Crippen MR) is 61.9 cm³/mol. The van der Waals surface area contributed by atoms with Gasteiger partial charge in [-0.05, 0) is 18.8 Å². The topological polar surface area (TPSA) is 17.1 Å². The average Bonchev–Trinajstić information content (AvgIpc) is 2.77. The third-order valence-corrected chi connectivity index (χ3v) is 3.58. The molecule has 2 atom stereocenters. The largest absolute Gasteiger partial charge is 0.294 e. The summed E-state index contributed by atoms with van der Waals surface area (Å²) in [6.45, 7) is 2.20. The van der Waals surface area contributed by atoms with Crippen LogP contribution < -0.4 is 0 Å². The van der Waals surface area contributed by atoms with Crippen molar-refractivity contribution >= 4 is 5.78 Å². The van der Waals surface area contributed by atoms with E-state index in [1.165, 1.54) is 12.8 Å². The summed E-state index contributed by atoms with van der Waals surface area (Å²) < 4.78 is 0. The highest BCUT2D eigenvalue weighted by atomic mass is 16.1. The maximum absolute atomic E-state index is 12.2. The Morgan fingerprint density at radius 2 is 2.00 bits per heavy atom. The second kappa shape index (κ2) is 4.61. The second-order valence-electron chi connectivity index (χ2n) is 4.44. The summed E-state index contributed by atoms with van der Waals surface area (Å²) in [5.41, 5.74) is 0.892. The van der Waals surface area contributed by atoms with Gasteiger partial charge in [-0.2, -0.15) is 0 Å². The zero-order valence-corrected chi connectivity index (χ0v) is 9.28. The Morgan fingerprint density at radius 3 is 2.67 bits per heavy atom. The third-order valence-electron chi connectivity index (χ3n) is 3.58. The van der Waals surface area contributed by atoms with Gasteiger partial charge in [0.25, 0.3) is 0 Å². The van der Waals surface area contributed by atoms with Crippen molar-refractivity contribution in [3.8, 4) is 0 Å². The molecule has 1 aromatic rings. The van der Waals surface area contributed by atoms with E-state index in [2.05, 4.69) is 6.92 Å². The molecule has 1 aliphatic rings. The molecule has 0 spiro atoms. The molecule has 1 heteroatoms. The SMILES string of the molecule is CC[C@H]1CCC[C@@H]1C(=O)c1ccccc1. The lowest BCUT2D eigenvalue weighted by molar-refractivity contribution is 0.0889. The van der Waals surface area contributed by atoms with Gasteiger partial charge in [0.05, 0.1) is 0 Å². The molecule has 0 unspecified atom stereocenters. The average molecular weight is 202 g/mol. The normalized spacial score (nSPS) is 25.4. The predicted octanol–water partition coefficient (Wildman–Crippen LogP) is 3.70. The van der Waals surface area contributed by atoms with Crippen molar-refractivity contribution in [1.82, 2.24) is 0 Å². The minimum absolute atomic E-state index is 0.289. The Hall–Kier alpha value is -1.11. The lowest BCUT2D eigenvalue weighted by atomic mass is 9.87. The lowest BCUT2D eigenvalue weighted by Crippen LogP contribution is -2.18. The van der Waals surface area contributed by atoms with Gasteiger partial charge in [0.15, 0.2) is 5.78 Å². The Kier molecular flexibility index (Phi) is 3.20. The number of carbonyl (C=O) groups excluding carboxylic acids is 1. The van der Waals surface area contributed by atoms with Crippen molar-refractivity contribution in [2.75, 3.05) is 0 Å². The molecule has 1 aliphatic carbocycles. The summed E-state index contributed by atoms with van der Waals surface area (Å²) in [6.07, 6.45) is 4.69. The van der Waals surface area contributed by atoms with Crippen LogP contribution in [-0.4, -0.2) is 5.78 Å². The minimum atomic E-state index is 0.289. The smallest absolute Gasteiger partial charge is 0.166 e. The van der Waals surface area contributed by atoms with E-state index >= 15 is 0 Å². The first-order chi connectivity index (χ1) is 7.33. The van der Waals surface area contributed by atoms with Gasteiger partial charge in [0, 0.05) is 11.5 Å². The van der Waals surface area contributed by atoms with Crippen LogP contribution in [0, 0.1) is 11.8 Å². The zero-order valence-electron chi connectivity index (χ0n) is 9.28. The van der Waals surface area contributed by atoms with E-state index in [1.807, 2.05) is 30.3 Å². The lowest BCUT2D eigenvalue weighted by Gasteiger charge is -2.16. The number of Topliss-reactive ketones (excluding diaryl/α,β-unsaturated/α-hetero) is 1. The van der Waals surface area contributed by atoms with Gasteiger partial charge in [-0.25, -0.2) is 0 Å². The molecular formula is C14H18O. The van der Waals surface area contributed by atoms with Gasteiger partial charge in [-0.3, -0.25) is 4.79 Å². The molecule has 0 N–H and O–H groups in total. The first-order valence-electron chi connectivity index (χ1n) is 5.92. The van der Waals surface area contributed by atoms with Crippen LogP contribution in [0.2, 0.25) is 0 Å². The fraction of sp³-hybridized carbons (Fsp3) is 0.500.